The number of fused-ring (bicyclic) bond motifs is 1. The van der Waals surface area contributed by atoms with E-state index in [1.807, 2.05) is 0 Å². The molecule has 0 aromatic carbocycles. The first kappa shape index (κ1) is 28.1. The Morgan fingerprint density at radius 3 is 2.09 bits per heavy atom. The number of rotatable bonds is 5. The minimum absolute atomic E-state index is 0.187. The fraction of sp³-hybridized carbons (Fsp3) is 0.792. The zero-order valence-corrected chi connectivity index (χ0v) is 21.8. The molecule has 0 aliphatic carbocycles. The molecule has 2 saturated heterocycles. The van der Waals surface area contributed by atoms with Gasteiger partial charge in [-0.15, -0.1) is 6.58 Å². The number of carbonyl (C=O) groups is 3. The van der Waals surface area contributed by atoms with Gasteiger partial charge in [-0.25, -0.2) is 14.5 Å². The van der Waals surface area contributed by atoms with Crippen molar-refractivity contribution in [3.05, 3.63) is 12.7 Å². The molecule has 34 heavy (non-hydrogen) atoms. The third-order valence-electron chi connectivity index (χ3n) is 5.33. The summed E-state index contributed by atoms with van der Waals surface area (Å²) >= 11 is 0. The fourth-order valence-electron chi connectivity index (χ4n) is 4.23. The van der Waals surface area contributed by atoms with Crippen LogP contribution in [-0.4, -0.2) is 86.9 Å². The molecular formula is C24H40N2O8. The van der Waals surface area contributed by atoms with E-state index in [1.165, 1.54) is 11.8 Å². The van der Waals surface area contributed by atoms with E-state index in [-0.39, 0.29) is 13.0 Å². The van der Waals surface area contributed by atoms with Crippen molar-refractivity contribution < 1.29 is 38.4 Å². The van der Waals surface area contributed by atoms with E-state index in [0.29, 0.717) is 0 Å². The molecule has 0 spiro atoms. The van der Waals surface area contributed by atoms with Crippen molar-refractivity contribution in [2.75, 3.05) is 6.54 Å². The number of likely N-dealkylation sites (tertiary alicyclic amines) is 1. The van der Waals surface area contributed by atoms with E-state index < -0.39 is 65.5 Å². The van der Waals surface area contributed by atoms with Crippen molar-refractivity contribution in [1.82, 2.24) is 9.80 Å². The molecule has 3 amide bonds. The molecule has 194 valence electrons. The van der Waals surface area contributed by atoms with Gasteiger partial charge in [-0.3, -0.25) is 9.69 Å². The van der Waals surface area contributed by atoms with Gasteiger partial charge in [0.15, 0.2) is 5.79 Å². The Morgan fingerprint density at radius 2 is 1.62 bits per heavy atom. The van der Waals surface area contributed by atoms with Crippen LogP contribution in [0.4, 0.5) is 9.59 Å². The van der Waals surface area contributed by atoms with Crippen LogP contribution in [0, 0.1) is 0 Å². The summed E-state index contributed by atoms with van der Waals surface area (Å²) in [4.78, 5) is 40.9. The van der Waals surface area contributed by atoms with Crippen LogP contribution in [0.5, 0.6) is 0 Å². The average Bonchev–Trinajstić information content (AvgIpc) is 3.06. The number of imide groups is 1. The number of aliphatic hydroxyl groups excluding tert-OH is 1. The minimum atomic E-state index is -1.03. The smallest absolute Gasteiger partial charge is 0.417 e. The van der Waals surface area contributed by atoms with Gasteiger partial charge >= 0.3 is 12.2 Å². The molecule has 2 fully saturated rings. The van der Waals surface area contributed by atoms with E-state index in [1.54, 1.807) is 61.5 Å². The number of hydrogen-bond acceptors (Lipinski definition) is 8. The van der Waals surface area contributed by atoms with Crippen LogP contribution in [0.15, 0.2) is 12.7 Å². The second-order valence-corrected chi connectivity index (χ2v) is 11.2. The Bertz CT molecular complexity index is 798. The molecule has 10 heteroatoms. The van der Waals surface area contributed by atoms with Gasteiger partial charge in [0.1, 0.15) is 23.4 Å². The molecule has 0 aromatic rings. The van der Waals surface area contributed by atoms with Crippen LogP contribution in [0.2, 0.25) is 0 Å². The molecule has 0 bridgehead atoms. The molecule has 2 aliphatic heterocycles. The number of amides is 3. The maximum absolute atomic E-state index is 13.4. The van der Waals surface area contributed by atoms with Crippen LogP contribution in [0.1, 0.15) is 68.7 Å². The van der Waals surface area contributed by atoms with Crippen LogP contribution in [0.3, 0.4) is 0 Å². The summed E-state index contributed by atoms with van der Waals surface area (Å²) in [6, 6.07) is -1.69. The van der Waals surface area contributed by atoms with Crippen LogP contribution in [-0.2, 0) is 23.7 Å². The van der Waals surface area contributed by atoms with E-state index in [9.17, 15) is 19.5 Å². The van der Waals surface area contributed by atoms with E-state index in [0.717, 1.165) is 4.90 Å². The highest BCUT2D eigenvalue weighted by Crippen LogP contribution is 2.43. The lowest BCUT2D eigenvalue weighted by atomic mass is 10.0. The molecule has 2 aliphatic rings. The largest absolute Gasteiger partial charge is 0.444 e. The first-order valence-electron chi connectivity index (χ1n) is 11.5. The van der Waals surface area contributed by atoms with Gasteiger partial charge in [0.05, 0.1) is 24.7 Å². The maximum atomic E-state index is 13.4. The molecule has 0 radical (unpaired) electrons. The highest BCUT2D eigenvalue weighted by Gasteiger charge is 2.62. The highest BCUT2D eigenvalue weighted by molar-refractivity contribution is 5.90. The monoisotopic (exact) mass is 484 g/mol. The lowest BCUT2D eigenvalue weighted by Gasteiger charge is -2.38. The molecule has 0 aromatic heterocycles. The van der Waals surface area contributed by atoms with E-state index >= 15 is 0 Å². The second kappa shape index (κ2) is 9.83. The second-order valence-electron chi connectivity index (χ2n) is 11.2. The third kappa shape index (κ3) is 6.70. The first-order chi connectivity index (χ1) is 15.4. The van der Waals surface area contributed by atoms with Gasteiger partial charge in [-0.1, -0.05) is 6.08 Å². The Morgan fingerprint density at radius 1 is 1.09 bits per heavy atom. The topological polar surface area (TPSA) is 115 Å². The lowest BCUT2D eigenvalue weighted by molar-refractivity contribution is -0.173. The van der Waals surface area contributed by atoms with Gasteiger partial charge in [-0.05, 0) is 61.8 Å². The third-order valence-corrected chi connectivity index (χ3v) is 5.33. The van der Waals surface area contributed by atoms with Crippen molar-refractivity contribution in [3.63, 3.8) is 0 Å². The summed E-state index contributed by atoms with van der Waals surface area (Å²) in [6.07, 6.45) is -2.29. The van der Waals surface area contributed by atoms with Crippen LogP contribution < -0.4 is 0 Å². The van der Waals surface area contributed by atoms with Crippen molar-refractivity contribution in [2.45, 2.75) is 116 Å². The number of ether oxygens (including phenoxy) is 4. The fourth-order valence-corrected chi connectivity index (χ4v) is 4.23. The standard InChI is InChI=1S/C24H40N2O8/c1-11-12-16(28)17-19-18(31-24(9,10)32-19)15(26(17)21(30)34-23(6,7)8)13-25(14(2)27)20(29)33-22(3,4)5/h11,15-19,28H,1,12-13H2,2-10H3/t15-,16+,17-,18-,19+/m1/s1. The van der Waals surface area contributed by atoms with Gasteiger partial charge in [0.25, 0.3) is 0 Å². The van der Waals surface area contributed by atoms with Gasteiger partial charge in [0, 0.05) is 6.92 Å². The first-order valence-corrected chi connectivity index (χ1v) is 11.5. The molecule has 2 heterocycles. The summed E-state index contributed by atoms with van der Waals surface area (Å²) in [5.74, 6) is -1.55. The van der Waals surface area contributed by atoms with Crippen molar-refractivity contribution in [1.29, 1.82) is 0 Å². The quantitative estimate of drug-likeness (QED) is 0.592. The Labute approximate surface area is 202 Å². The molecule has 1 N–H and O–H groups in total. The highest BCUT2D eigenvalue weighted by atomic mass is 16.8. The Balaban J connectivity index is 2.51. The van der Waals surface area contributed by atoms with Crippen molar-refractivity contribution in [2.24, 2.45) is 0 Å². The predicted octanol–water partition coefficient (Wildman–Crippen LogP) is 3.22. The zero-order chi connectivity index (χ0) is 26.2. The SMILES string of the molecule is C=CC[C@H](O)[C@@H]1[C@@H]2OC(C)(C)O[C@@H]2[C@@H](CN(C(C)=O)C(=O)OC(C)(C)C)N1C(=O)OC(C)(C)C. The summed E-state index contributed by atoms with van der Waals surface area (Å²) in [5, 5.41) is 11.0. The zero-order valence-electron chi connectivity index (χ0n) is 21.8. The molecule has 2 rings (SSSR count). The number of nitrogens with zero attached hydrogens (tertiary/aromatic N) is 2. The van der Waals surface area contributed by atoms with Crippen molar-refractivity contribution >= 4 is 18.1 Å². The summed E-state index contributed by atoms with van der Waals surface area (Å²) in [5.41, 5.74) is -1.65. The molecule has 0 saturated carbocycles. The van der Waals surface area contributed by atoms with Gasteiger partial charge in [0.2, 0.25) is 5.91 Å². The minimum Gasteiger partial charge on any atom is -0.444 e. The average molecular weight is 485 g/mol. The Kier molecular flexibility index (Phi) is 8.11. The lowest BCUT2D eigenvalue weighted by Crippen LogP contribution is -2.56. The van der Waals surface area contributed by atoms with Crippen LogP contribution in [0.25, 0.3) is 0 Å². The molecule has 0 unspecified atom stereocenters. The van der Waals surface area contributed by atoms with E-state index in [4.69, 9.17) is 18.9 Å². The Hall–Kier alpha value is -2.17. The number of carbonyl (C=O) groups excluding carboxylic acids is 3. The molecule has 5 atom stereocenters. The normalized spacial score (nSPS) is 27.1. The maximum Gasteiger partial charge on any atom is 0.417 e. The van der Waals surface area contributed by atoms with Gasteiger partial charge < -0.3 is 24.1 Å². The summed E-state index contributed by atoms with van der Waals surface area (Å²) in [6.45, 7) is 18.4. The summed E-state index contributed by atoms with van der Waals surface area (Å²) < 4.78 is 23.2. The molecular weight excluding hydrogens is 444 g/mol. The summed E-state index contributed by atoms with van der Waals surface area (Å²) in [7, 11) is 0. The van der Waals surface area contributed by atoms with E-state index in [2.05, 4.69) is 6.58 Å². The predicted molar refractivity (Wildman–Crippen MR) is 124 cm³/mol. The number of aliphatic hydroxyl groups is 1. The van der Waals surface area contributed by atoms with Gasteiger partial charge in [-0.2, -0.15) is 0 Å². The molecule has 10 nitrogen and oxygen atoms in total. The van der Waals surface area contributed by atoms with Crippen molar-refractivity contribution in [3.8, 4) is 0 Å². The van der Waals surface area contributed by atoms with Crippen LogP contribution >= 0.6 is 0 Å². The number of hydrogen-bond donors (Lipinski definition) is 1.